The predicted octanol–water partition coefficient (Wildman–Crippen LogP) is 2.15. The number of ether oxygens (including phenoxy) is 1. The van der Waals surface area contributed by atoms with Gasteiger partial charge >= 0.3 is 5.97 Å². The van der Waals surface area contributed by atoms with Gasteiger partial charge in [0.15, 0.2) is 0 Å². The van der Waals surface area contributed by atoms with Crippen LogP contribution in [0.2, 0.25) is 0 Å². The zero-order valence-electron chi connectivity index (χ0n) is 9.34. The SMILES string of the molecule is C=CCC/C(C(=O)OCC)=C1/CCCN1. The van der Waals surface area contributed by atoms with Crippen LogP contribution in [-0.4, -0.2) is 19.1 Å². The minimum atomic E-state index is -0.177. The Balaban J connectivity index is 2.71. The summed E-state index contributed by atoms with van der Waals surface area (Å²) >= 11 is 0. The van der Waals surface area contributed by atoms with Crippen LogP contribution in [-0.2, 0) is 9.53 Å². The maximum atomic E-state index is 11.7. The largest absolute Gasteiger partial charge is 0.463 e. The summed E-state index contributed by atoms with van der Waals surface area (Å²) in [4.78, 5) is 11.7. The second-order valence-corrected chi connectivity index (χ2v) is 3.54. The van der Waals surface area contributed by atoms with Gasteiger partial charge in [-0.2, -0.15) is 0 Å². The van der Waals surface area contributed by atoms with Gasteiger partial charge in [0.05, 0.1) is 12.2 Å². The monoisotopic (exact) mass is 209 g/mol. The summed E-state index contributed by atoms with van der Waals surface area (Å²) < 4.78 is 5.04. The molecule has 84 valence electrons. The molecule has 0 aromatic carbocycles. The van der Waals surface area contributed by atoms with Crippen LogP contribution in [0.3, 0.4) is 0 Å². The minimum absolute atomic E-state index is 0.177. The van der Waals surface area contributed by atoms with Crippen LogP contribution in [0, 0.1) is 0 Å². The Hall–Kier alpha value is -1.25. The van der Waals surface area contributed by atoms with Crippen LogP contribution >= 0.6 is 0 Å². The number of carbonyl (C=O) groups excluding carboxylic acids is 1. The lowest BCUT2D eigenvalue weighted by Gasteiger charge is -2.09. The summed E-state index contributed by atoms with van der Waals surface area (Å²) in [7, 11) is 0. The maximum Gasteiger partial charge on any atom is 0.335 e. The minimum Gasteiger partial charge on any atom is -0.463 e. The molecule has 3 nitrogen and oxygen atoms in total. The Bertz CT molecular complexity index is 261. The van der Waals surface area contributed by atoms with Crippen molar-refractivity contribution in [3.05, 3.63) is 23.9 Å². The fraction of sp³-hybridized carbons (Fsp3) is 0.583. The fourth-order valence-corrected chi connectivity index (χ4v) is 1.69. The van der Waals surface area contributed by atoms with Crippen molar-refractivity contribution in [1.82, 2.24) is 5.32 Å². The molecule has 0 spiro atoms. The highest BCUT2D eigenvalue weighted by Gasteiger charge is 2.18. The van der Waals surface area contributed by atoms with E-state index in [-0.39, 0.29) is 5.97 Å². The van der Waals surface area contributed by atoms with Gasteiger partial charge in [0.1, 0.15) is 0 Å². The van der Waals surface area contributed by atoms with Gasteiger partial charge in [-0.25, -0.2) is 4.79 Å². The molecule has 0 aromatic rings. The van der Waals surface area contributed by atoms with E-state index in [1.54, 1.807) is 0 Å². The van der Waals surface area contributed by atoms with E-state index in [0.717, 1.165) is 43.5 Å². The Labute approximate surface area is 91.2 Å². The molecule has 1 aliphatic heterocycles. The van der Waals surface area contributed by atoms with Gasteiger partial charge in [-0.15, -0.1) is 6.58 Å². The standard InChI is InChI=1S/C12H19NO2/c1-3-5-7-10(12(14)15-4-2)11-8-6-9-13-11/h3,13H,1,4-9H2,2H3/b11-10+. The molecule has 0 saturated carbocycles. The third kappa shape index (κ3) is 3.42. The summed E-state index contributed by atoms with van der Waals surface area (Å²) in [5, 5.41) is 3.25. The fourth-order valence-electron chi connectivity index (χ4n) is 1.69. The van der Waals surface area contributed by atoms with Crippen molar-refractivity contribution in [3.8, 4) is 0 Å². The van der Waals surface area contributed by atoms with Crippen LogP contribution in [0.4, 0.5) is 0 Å². The highest BCUT2D eigenvalue weighted by Crippen LogP contribution is 2.19. The molecule has 1 saturated heterocycles. The van der Waals surface area contributed by atoms with E-state index in [0.29, 0.717) is 6.61 Å². The molecular formula is C12H19NO2. The van der Waals surface area contributed by atoms with Gasteiger partial charge in [0, 0.05) is 12.2 Å². The van der Waals surface area contributed by atoms with E-state index in [4.69, 9.17) is 4.74 Å². The molecule has 1 aliphatic rings. The number of carbonyl (C=O) groups is 1. The molecule has 1 rings (SSSR count). The summed E-state index contributed by atoms with van der Waals surface area (Å²) in [6.07, 6.45) is 5.44. The highest BCUT2D eigenvalue weighted by molar-refractivity contribution is 5.89. The second kappa shape index (κ2) is 6.27. The van der Waals surface area contributed by atoms with Crippen LogP contribution in [0.5, 0.6) is 0 Å². The molecule has 3 heteroatoms. The lowest BCUT2D eigenvalue weighted by atomic mass is 10.1. The average molecular weight is 209 g/mol. The van der Waals surface area contributed by atoms with Crippen LogP contribution < -0.4 is 5.32 Å². The third-order valence-electron chi connectivity index (χ3n) is 2.43. The Morgan fingerprint density at radius 2 is 2.47 bits per heavy atom. The topological polar surface area (TPSA) is 38.3 Å². The molecule has 0 atom stereocenters. The Morgan fingerprint density at radius 1 is 1.67 bits per heavy atom. The summed E-state index contributed by atoms with van der Waals surface area (Å²) in [6, 6.07) is 0. The summed E-state index contributed by atoms with van der Waals surface area (Å²) in [5.41, 5.74) is 1.87. The molecule has 0 amide bonds. The van der Waals surface area contributed by atoms with Gasteiger partial charge in [0.2, 0.25) is 0 Å². The molecule has 0 aromatic heterocycles. The molecule has 0 bridgehead atoms. The Kier molecular flexibility index (Phi) is 4.95. The number of allylic oxidation sites excluding steroid dienone is 2. The average Bonchev–Trinajstić information content (AvgIpc) is 2.72. The van der Waals surface area contributed by atoms with E-state index in [9.17, 15) is 4.79 Å². The zero-order chi connectivity index (χ0) is 11.1. The predicted molar refractivity (Wildman–Crippen MR) is 60.3 cm³/mol. The first-order valence-electron chi connectivity index (χ1n) is 5.53. The lowest BCUT2D eigenvalue weighted by Crippen LogP contribution is -2.15. The molecule has 0 aliphatic carbocycles. The van der Waals surface area contributed by atoms with Crippen LogP contribution in [0.15, 0.2) is 23.9 Å². The van der Waals surface area contributed by atoms with Gasteiger partial charge in [-0.3, -0.25) is 0 Å². The number of hydrogen-bond donors (Lipinski definition) is 1. The maximum absolute atomic E-state index is 11.7. The van der Waals surface area contributed by atoms with E-state index < -0.39 is 0 Å². The van der Waals surface area contributed by atoms with Crippen molar-refractivity contribution < 1.29 is 9.53 Å². The summed E-state index contributed by atoms with van der Waals surface area (Å²) in [5.74, 6) is -0.177. The van der Waals surface area contributed by atoms with E-state index in [2.05, 4.69) is 11.9 Å². The number of rotatable bonds is 5. The van der Waals surface area contributed by atoms with E-state index in [1.165, 1.54) is 0 Å². The molecule has 1 heterocycles. The quantitative estimate of drug-likeness (QED) is 0.428. The van der Waals surface area contributed by atoms with Crippen molar-refractivity contribution in [2.45, 2.75) is 32.6 Å². The smallest absolute Gasteiger partial charge is 0.335 e. The molecule has 15 heavy (non-hydrogen) atoms. The van der Waals surface area contributed by atoms with Gasteiger partial charge in [-0.1, -0.05) is 6.08 Å². The number of esters is 1. The third-order valence-corrected chi connectivity index (χ3v) is 2.43. The van der Waals surface area contributed by atoms with Crippen molar-refractivity contribution in [3.63, 3.8) is 0 Å². The van der Waals surface area contributed by atoms with Crippen LogP contribution in [0.25, 0.3) is 0 Å². The first kappa shape index (κ1) is 11.8. The first-order valence-corrected chi connectivity index (χ1v) is 5.53. The lowest BCUT2D eigenvalue weighted by molar-refractivity contribution is -0.138. The summed E-state index contributed by atoms with van der Waals surface area (Å²) in [6.45, 7) is 6.90. The number of hydrogen-bond acceptors (Lipinski definition) is 3. The van der Waals surface area contributed by atoms with E-state index in [1.807, 2.05) is 13.0 Å². The molecular weight excluding hydrogens is 190 g/mol. The molecule has 1 N–H and O–H groups in total. The van der Waals surface area contributed by atoms with Crippen molar-refractivity contribution in [2.75, 3.05) is 13.2 Å². The highest BCUT2D eigenvalue weighted by atomic mass is 16.5. The van der Waals surface area contributed by atoms with Crippen molar-refractivity contribution >= 4 is 5.97 Å². The number of nitrogens with one attached hydrogen (secondary N) is 1. The molecule has 1 fully saturated rings. The second-order valence-electron chi connectivity index (χ2n) is 3.54. The van der Waals surface area contributed by atoms with Gasteiger partial charge < -0.3 is 10.1 Å². The molecule has 0 radical (unpaired) electrons. The Morgan fingerprint density at radius 3 is 3.00 bits per heavy atom. The molecule has 0 unspecified atom stereocenters. The first-order chi connectivity index (χ1) is 7.29. The van der Waals surface area contributed by atoms with E-state index >= 15 is 0 Å². The van der Waals surface area contributed by atoms with Gasteiger partial charge in [-0.05, 0) is 32.6 Å². The van der Waals surface area contributed by atoms with Crippen LogP contribution in [0.1, 0.15) is 32.6 Å². The van der Waals surface area contributed by atoms with Gasteiger partial charge in [0.25, 0.3) is 0 Å². The normalized spacial score (nSPS) is 18.2. The zero-order valence-corrected chi connectivity index (χ0v) is 9.34. The van der Waals surface area contributed by atoms with Crippen molar-refractivity contribution in [2.24, 2.45) is 0 Å². The van der Waals surface area contributed by atoms with Crippen molar-refractivity contribution in [1.29, 1.82) is 0 Å².